The number of nitrogens with zero attached hydrogens (tertiary/aromatic N) is 1. The van der Waals surface area contributed by atoms with Crippen LogP contribution in [0.1, 0.15) is 72.1 Å². The van der Waals surface area contributed by atoms with Gasteiger partial charge in [0.25, 0.3) is 0 Å². The lowest BCUT2D eigenvalue weighted by molar-refractivity contribution is 0.0533. The molecule has 25 heavy (non-hydrogen) atoms. The predicted molar refractivity (Wildman–Crippen MR) is 102 cm³/mol. The Hall–Kier alpha value is -1.11. The standard InChI is InChI=1S/C22H35NO2/c1-4-5-12-22(2,3)21(24)11-10-17-8-9-18-15-19(16-20(17)18)25-14-7-6-13-23/h8,10-11,18-21,24H,4-7,9,12,14-16H2,1-3H3/t18-,19+,20+,21?/m1/s1. The molecule has 0 heterocycles. The summed E-state index contributed by atoms with van der Waals surface area (Å²) in [4.78, 5) is 0. The van der Waals surface area contributed by atoms with E-state index in [2.05, 4.69) is 39.0 Å². The highest BCUT2D eigenvalue weighted by atomic mass is 16.5. The van der Waals surface area contributed by atoms with Crippen LogP contribution in [-0.2, 0) is 4.74 Å². The van der Waals surface area contributed by atoms with E-state index in [1.54, 1.807) is 0 Å². The average Bonchev–Trinajstić information content (AvgIpc) is 3.15. The van der Waals surface area contributed by atoms with Gasteiger partial charge >= 0.3 is 0 Å². The summed E-state index contributed by atoms with van der Waals surface area (Å²) in [5.41, 5.74) is 1.33. The first-order chi connectivity index (χ1) is 12.0. The maximum Gasteiger partial charge on any atom is 0.0774 e. The number of hydrogen-bond donors (Lipinski definition) is 1. The van der Waals surface area contributed by atoms with E-state index in [-0.39, 0.29) is 5.41 Å². The summed E-state index contributed by atoms with van der Waals surface area (Å²) in [7, 11) is 0. The van der Waals surface area contributed by atoms with Crippen LogP contribution in [0.4, 0.5) is 0 Å². The fourth-order valence-corrected chi connectivity index (χ4v) is 4.15. The predicted octanol–water partition coefficient (Wildman–Crippen LogP) is 5.17. The van der Waals surface area contributed by atoms with Crippen molar-refractivity contribution in [2.24, 2.45) is 17.3 Å². The van der Waals surface area contributed by atoms with E-state index in [0.717, 1.165) is 38.5 Å². The Labute approximate surface area is 153 Å². The van der Waals surface area contributed by atoms with Gasteiger partial charge in [-0.05, 0) is 54.9 Å². The van der Waals surface area contributed by atoms with Crippen LogP contribution in [0.3, 0.4) is 0 Å². The number of aliphatic hydroxyl groups excluding tert-OH is 1. The zero-order valence-electron chi connectivity index (χ0n) is 16.2. The van der Waals surface area contributed by atoms with Crippen molar-refractivity contribution in [3.8, 4) is 6.07 Å². The van der Waals surface area contributed by atoms with Crippen molar-refractivity contribution in [1.29, 1.82) is 5.26 Å². The molecule has 2 rings (SSSR count). The van der Waals surface area contributed by atoms with Crippen LogP contribution in [0.2, 0.25) is 0 Å². The van der Waals surface area contributed by atoms with Crippen LogP contribution in [0.5, 0.6) is 0 Å². The average molecular weight is 346 g/mol. The molecule has 3 nitrogen and oxygen atoms in total. The highest BCUT2D eigenvalue weighted by Gasteiger charge is 2.38. The van der Waals surface area contributed by atoms with E-state index in [1.807, 2.05) is 6.08 Å². The molecular formula is C22H35NO2. The van der Waals surface area contributed by atoms with Crippen LogP contribution >= 0.6 is 0 Å². The third kappa shape index (κ3) is 5.69. The Morgan fingerprint density at radius 3 is 2.92 bits per heavy atom. The Morgan fingerprint density at radius 1 is 1.40 bits per heavy atom. The number of fused-ring (bicyclic) bond motifs is 1. The molecule has 0 radical (unpaired) electrons. The van der Waals surface area contributed by atoms with Crippen molar-refractivity contribution in [3.63, 3.8) is 0 Å². The summed E-state index contributed by atoms with van der Waals surface area (Å²) in [6.07, 6.45) is 14.6. The van der Waals surface area contributed by atoms with Crippen molar-refractivity contribution in [1.82, 2.24) is 0 Å². The molecule has 0 bridgehead atoms. The Balaban J connectivity index is 1.83. The maximum absolute atomic E-state index is 10.6. The summed E-state index contributed by atoms with van der Waals surface area (Å²) in [5, 5.41) is 19.1. The Morgan fingerprint density at radius 2 is 2.20 bits per heavy atom. The SMILES string of the molecule is CCCCC(C)(C)C(O)C=CC1=CC[C@@H]2C[C@H](OCCCC#N)C[C@@H]12. The van der Waals surface area contributed by atoms with Gasteiger partial charge in [0, 0.05) is 13.0 Å². The van der Waals surface area contributed by atoms with Crippen molar-refractivity contribution in [2.75, 3.05) is 6.61 Å². The fraction of sp³-hybridized carbons (Fsp3) is 0.773. The molecule has 0 spiro atoms. The molecule has 0 saturated heterocycles. The summed E-state index contributed by atoms with van der Waals surface area (Å²) >= 11 is 0. The van der Waals surface area contributed by atoms with Crippen LogP contribution in [0.15, 0.2) is 23.8 Å². The normalized spacial score (nSPS) is 27.3. The molecule has 1 N–H and O–H groups in total. The lowest BCUT2D eigenvalue weighted by Crippen LogP contribution is -2.27. The van der Waals surface area contributed by atoms with Crippen molar-refractivity contribution < 1.29 is 9.84 Å². The van der Waals surface area contributed by atoms with E-state index < -0.39 is 6.10 Å². The molecule has 3 heteroatoms. The first kappa shape index (κ1) is 20.2. The minimum atomic E-state index is -0.390. The van der Waals surface area contributed by atoms with Gasteiger partial charge in [0.05, 0.1) is 18.3 Å². The van der Waals surface area contributed by atoms with Gasteiger partial charge in [-0.2, -0.15) is 5.26 Å². The second-order valence-electron chi connectivity index (χ2n) is 8.43. The molecule has 0 aromatic carbocycles. The van der Waals surface area contributed by atoms with Crippen molar-refractivity contribution in [3.05, 3.63) is 23.8 Å². The van der Waals surface area contributed by atoms with Gasteiger partial charge in [-0.15, -0.1) is 0 Å². The molecule has 1 unspecified atom stereocenters. The van der Waals surface area contributed by atoms with Crippen LogP contribution in [-0.4, -0.2) is 23.9 Å². The topological polar surface area (TPSA) is 53.2 Å². The number of aliphatic hydroxyl groups is 1. The molecule has 0 amide bonds. The van der Waals surface area contributed by atoms with Crippen molar-refractivity contribution in [2.45, 2.75) is 84.3 Å². The van der Waals surface area contributed by atoms with E-state index in [9.17, 15) is 5.11 Å². The lowest BCUT2D eigenvalue weighted by atomic mass is 9.81. The zero-order chi connectivity index (χ0) is 18.3. The lowest BCUT2D eigenvalue weighted by Gasteiger charge is -2.28. The maximum atomic E-state index is 10.6. The molecule has 4 atom stereocenters. The minimum absolute atomic E-state index is 0.0624. The molecule has 0 aliphatic heterocycles. The number of ether oxygens (including phenoxy) is 1. The van der Waals surface area contributed by atoms with Crippen LogP contribution in [0.25, 0.3) is 0 Å². The number of unbranched alkanes of at least 4 members (excludes halogenated alkanes) is 2. The highest BCUT2D eigenvalue weighted by molar-refractivity contribution is 5.29. The summed E-state index contributed by atoms with van der Waals surface area (Å²) in [6, 6.07) is 2.17. The van der Waals surface area contributed by atoms with Crippen LogP contribution < -0.4 is 0 Å². The largest absolute Gasteiger partial charge is 0.388 e. The Kier molecular flexibility index (Phi) is 7.72. The minimum Gasteiger partial charge on any atom is -0.388 e. The first-order valence-corrected chi connectivity index (χ1v) is 10.0. The zero-order valence-corrected chi connectivity index (χ0v) is 16.2. The molecule has 2 aliphatic rings. The van der Waals surface area contributed by atoms with Gasteiger partial charge in [0.1, 0.15) is 0 Å². The molecular weight excluding hydrogens is 310 g/mol. The van der Waals surface area contributed by atoms with E-state index in [4.69, 9.17) is 10.00 Å². The smallest absolute Gasteiger partial charge is 0.0774 e. The number of rotatable bonds is 10. The molecule has 140 valence electrons. The molecule has 1 fully saturated rings. The first-order valence-electron chi connectivity index (χ1n) is 10.0. The number of allylic oxidation sites excluding steroid dienone is 3. The van der Waals surface area contributed by atoms with Gasteiger partial charge in [-0.1, -0.05) is 51.8 Å². The molecule has 0 aromatic heterocycles. The summed E-state index contributed by atoms with van der Waals surface area (Å²) in [5.74, 6) is 1.29. The monoisotopic (exact) mass is 345 g/mol. The molecule has 2 aliphatic carbocycles. The van der Waals surface area contributed by atoms with Crippen molar-refractivity contribution >= 4 is 0 Å². The quantitative estimate of drug-likeness (QED) is 0.556. The highest BCUT2D eigenvalue weighted by Crippen LogP contribution is 2.45. The van der Waals surface area contributed by atoms with Gasteiger partial charge in [0.15, 0.2) is 0 Å². The summed E-state index contributed by atoms with van der Waals surface area (Å²) < 4.78 is 5.96. The number of hydrogen-bond acceptors (Lipinski definition) is 3. The number of nitriles is 1. The molecule has 1 saturated carbocycles. The summed E-state index contributed by atoms with van der Waals surface area (Å²) in [6.45, 7) is 7.21. The van der Waals surface area contributed by atoms with E-state index in [1.165, 1.54) is 12.0 Å². The second kappa shape index (κ2) is 9.55. The van der Waals surface area contributed by atoms with Gasteiger partial charge in [-0.25, -0.2) is 0 Å². The van der Waals surface area contributed by atoms with Gasteiger partial charge < -0.3 is 9.84 Å². The molecule has 0 aromatic rings. The van der Waals surface area contributed by atoms with Gasteiger partial charge in [-0.3, -0.25) is 0 Å². The Bertz CT molecular complexity index is 515. The second-order valence-corrected chi connectivity index (χ2v) is 8.43. The van der Waals surface area contributed by atoms with E-state index in [0.29, 0.717) is 31.0 Å². The third-order valence-corrected chi connectivity index (χ3v) is 5.97. The van der Waals surface area contributed by atoms with E-state index >= 15 is 0 Å². The fourth-order valence-electron chi connectivity index (χ4n) is 4.15. The third-order valence-electron chi connectivity index (χ3n) is 5.97. The van der Waals surface area contributed by atoms with Crippen LogP contribution in [0, 0.1) is 28.6 Å². The van der Waals surface area contributed by atoms with Gasteiger partial charge in [0.2, 0.25) is 0 Å².